The summed E-state index contributed by atoms with van der Waals surface area (Å²) in [5, 5.41) is 2.28. The van der Waals surface area contributed by atoms with E-state index in [1.807, 2.05) is 54.7 Å². The minimum Gasteiger partial charge on any atom is -0.488 e. The van der Waals surface area contributed by atoms with Crippen molar-refractivity contribution < 1.29 is 4.74 Å². The number of pyridine rings is 1. The van der Waals surface area contributed by atoms with Gasteiger partial charge in [0.05, 0.1) is 5.69 Å². The van der Waals surface area contributed by atoms with Crippen LogP contribution in [0.15, 0.2) is 96.2 Å². The van der Waals surface area contributed by atoms with Crippen molar-refractivity contribution in [2.45, 2.75) is 6.61 Å². The van der Waals surface area contributed by atoms with E-state index in [4.69, 9.17) is 4.74 Å². The van der Waals surface area contributed by atoms with Crippen molar-refractivity contribution >= 4 is 22.7 Å². The summed E-state index contributed by atoms with van der Waals surface area (Å²) in [5.74, 6) is 0.824. The van der Waals surface area contributed by atoms with Gasteiger partial charge in [0, 0.05) is 24.2 Å². The molecule has 0 radical (unpaired) electrons. The number of aromatic nitrogens is 1. The van der Waals surface area contributed by atoms with E-state index in [1.165, 1.54) is 0 Å². The molecule has 4 aromatic rings. The summed E-state index contributed by atoms with van der Waals surface area (Å²) in [6.45, 7) is 0.523. The second kappa shape index (κ2) is 7.62. The zero-order valence-electron chi connectivity index (χ0n) is 14.2. The fourth-order valence-electron chi connectivity index (χ4n) is 2.84. The molecule has 1 heterocycles. The van der Waals surface area contributed by atoms with E-state index in [-0.39, 0.29) is 0 Å². The molecule has 0 saturated heterocycles. The van der Waals surface area contributed by atoms with Gasteiger partial charge in [-0.15, -0.1) is 0 Å². The van der Waals surface area contributed by atoms with E-state index in [0.29, 0.717) is 6.61 Å². The molecular weight excluding hydrogens is 320 g/mol. The average molecular weight is 338 g/mol. The van der Waals surface area contributed by atoms with E-state index < -0.39 is 0 Å². The monoisotopic (exact) mass is 338 g/mol. The Balaban J connectivity index is 1.71. The summed E-state index contributed by atoms with van der Waals surface area (Å²) in [7, 11) is 0. The van der Waals surface area contributed by atoms with Gasteiger partial charge in [0.2, 0.25) is 0 Å². The molecule has 4 rings (SSSR count). The second-order valence-electron chi connectivity index (χ2n) is 5.94. The van der Waals surface area contributed by atoms with Crippen molar-refractivity contribution in [1.82, 2.24) is 4.98 Å². The van der Waals surface area contributed by atoms with Crippen molar-refractivity contribution in [3.05, 3.63) is 102 Å². The van der Waals surface area contributed by atoms with Crippen molar-refractivity contribution in [1.29, 1.82) is 0 Å². The van der Waals surface area contributed by atoms with Crippen LogP contribution in [-0.4, -0.2) is 11.2 Å². The molecule has 0 saturated carbocycles. The molecule has 126 valence electrons. The highest BCUT2D eigenvalue weighted by atomic mass is 16.5. The lowest BCUT2D eigenvalue weighted by atomic mass is 10.0. The molecule has 26 heavy (non-hydrogen) atoms. The average Bonchev–Trinajstić information content (AvgIpc) is 2.72. The Bertz CT molecular complexity index is 1030. The molecule has 0 aliphatic heterocycles. The summed E-state index contributed by atoms with van der Waals surface area (Å²) in [5.41, 5.74) is 2.98. The maximum Gasteiger partial charge on any atom is 0.129 e. The number of benzene rings is 3. The first-order valence-electron chi connectivity index (χ1n) is 8.53. The summed E-state index contributed by atoms with van der Waals surface area (Å²) in [6, 6.07) is 26.3. The Morgan fingerprint density at radius 3 is 2.42 bits per heavy atom. The largest absolute Gasteiger partial charge is 0.488 e. The molecule has 0 aliphatic carbocycles. The molecule has 3 heteroatoms. The summed E-state index contributed by atoms with van der Waals surface area (Å²) >= 11 is 0. The van der Waals surface area contributed by atoms with Gasteiger partial charge in [0.25, 0.3) is 0 Å². The molecule has 3 nitrogen and oxygen atoms in total. The first kappa shape index (κ1) is 16.0. The van der Waals surface area contributed by atoms with E-state index in [9.17, 15) is 0 Å². The Kier molecular flexibility index (Phi) is 4.70. The van der Waals surface area contributed by atoms with Crippen LogP contribution in [0.1, 0.15) is 11.1 Å². The maximum atomic E-state index is 6.12. The lowest BCUT2D eigenvalue weighted by Crippen LogP contribution is -1.99. The van der Waals surface area contributed by atoms with Crippen LogP contribution in [-0.2, 0) is 6.61 Å². The Labute approximate surface area is 152 Å². The van der Waals surface area contributed by atoms with Crippen molar-refractivity contribution in [3.8, 4) is 5.75 Å². The van der Waals surface area contributed by atoms with E-state index >= 15 is 0 Å². The second-order valence-corrected chi connectivity index (χ2v) is 5.94. The Hall–Kier alpha value is -3.46. The van der Waals surface area contributed by atoms with Crippen LogP contribution < -0.4 is 4.74 Å². The normalized spacial score (nSPS) is 11.1. The van der Waals surface area contributed by atoms with Gasteiger partial charge in [0.1, 0.15) is 12.4 Å². The first-order chi connectivity index (χ1) is 12.9. The van der Waals surface area contributed by atoms with Gasteiger partial charge < -0.3 is 4.74 Å². The van der Waals surface area contributed by atoms with Crippen LogP contribution in [0.4, 0.5) is 5.69 Å². The smallest absolute Gasteiger partial charge is 0.129 e. The van der Waals surface area contributed by atoms with Crippen LogP contribution in [0.5, 0.6) is 5.75 Å². The third kappa shape index (κ3) is 3.62. The molecule has 3 aromatic carbocycles. The minimum atomic E-state index is 0.523. The molecule has 1 aromatic heterocycles. The number of hydrogen-bond acceptors (Lipinski definition) is 3. The topological polar surface area (TPSA) is 34.5 Å². The van der Waals surface area contributed by atoms with Gasteiger partial charge >= 0.3 is 0 Å². The number of hydrogen-bond donors (Lipinski definition) is 0. The van der Waals surface area contributed by atoms with Crippen molar-refractivity contribution in [2.75, 3.05) is 0 Å². The molecule has 0 amide bonds. The standard InChI is InChI=1S/C23H18N2O/c1-2-6-18(7-3-1)17-26-23-11-10-19-8-4-5-9-21(19)22(23)16-25-20-12-14-24-15-13-20/h1-16H,17H2. The summed E-state index contributed by atoms with van der Waals surface area (Å²) in [6.07, 6.45) is 5.35. The molecule has 0 unspecified atom stereocenters. The predicted octanol–water partition coefficient (Wildman–Crippen LogP) is 5.56. The van der Waals surface area contributed by atoms with Gasteiger partial charge in [-0.3, -0.25) is 9.98 Å². The van der Waals surface area contributed by atoms with Crippen molar-refractivity contribution in [2.24, 2.45) is 4.99 Å². The molecule has 0 aliphatic rings. The first-order valence-corrected chi connectivity index (χ1v) is 8.53. The van der Waals surface area contributed by atoms with E-state index in [1.54, 1.807) is 12.4 Å². The minimum absolute atomic E-state index is 0.523. The van der Waals surface area contributed by atoms with Crippen LogP contribution in [0.25, 0.3) is 10.8 Å². The zero-order chi connectivity index (χ0) is 17.6. The molecule has 0 spiro atoms. The molecule has 0 atom stereocenters. The number of nitrogens with zero attached hydrogens (tertiary/aromatic N) is 2. The molecule has 0 fully saturated rings. The predicted molar refractivity (Wildman–Crippen MR) is 106 cm³/mol. The van der Waals surface area contributed by atoms with Crippen LogP contribution in [0.3, 0.4) is 0 Å². The highest BCUT2D eigenvalue weighted by Crippen LogP contribution is 2.28. The lowest BCUT2D eigenvalue weighted by Gasteiger charge is -2.12. The van der Waals surface area contributed by atoms with E-state index in [0.717, 1.165) is 33.3 Å². The Morgan fingerprint density at radius 2 is 1.58 bits per heavy atom. The highest BCUT2D eigenvalue weighted by molar-refractivity contribution is 6.03. The quantitative estimate of drug-likeness (QED) is 0.446. The van der Waals surface area contributed by atoms with Crippen LogP contribution in [0, 0.1) is 0 Å². The van der Waals surface area contributed by atoms with E-state index in [2.05, 4.69) is 40.3 Å². The molecule has 0 bridgehead atoms. The SMILES string of the molecule is C(=Nc1ccncc1)c1c(OCc2ccccc2)ccc2ccccc12. The summed E-state index contributed by atoms with van der Waals surface area (Å²) in [4.78, 5) is 8.63. The van der Waals surface area contributed by atoms with Crippen LogP contribution >= 0.6 is 0 Å². The number of ether oxygens (including phenoxy) is 1. The van der Waals surface area contributed by atoms with Crippen LogP contribution in [0.2, 0.25) is 0 Å². The fourth-order valence-corrected chi connectivity index (χ4v) is 2.84. The van der Waals surface area contributed by atoms with Gasteiger partial charge in [-0.05, 0) is 34.5 Å². The highest BCUT2D eigenvalue weighted by Gasteiger charge is 2.07. The van der Waals surface area contributed by atoms with Gasteiger partial charge in [-0.1, -0.05) is 60.7 Å². The number of aliphatic imine (C=N–C) groups is 1. The third-order valence-corrected chi connectivity index (χ3v) is 4.17. The third-order valence-electron chi connectivity index (χ3n) is 4.17. The fraction of sp³-hybridized carbons (Fsp3) is 0.0435. The number of rotatable bonds is 5. The summed E-state index contributed by atoms with van der Waals surface area (Å²) < 4.78 is 6.12. The van der Waals surface area contributed by atoms with Gasteiger partial charge in [-0.25, -0.2) is 0 Å². The lowest BCUT2D eigenvalue weighted by molar-refractivity contribution is 0.306. The van der Waals surface area contributed by atoms with Gasteiger partial charge in [0.15, 0.2) is 0 Å². The molecule has 0 N–H and O–H groups in total. The number of fused-ring (bicyclic) bond motifs is 1. The Morgan fingerprint density at radius 1 is 0.808 bits per heavy atom. The van der Waals surface area contributed by atoms with Gasteiger partial charge in [-0.2, -0.15) is 0 Å². The van der Waals surface area contributed by atoms with Crippen molar-refractivity contribution in [3.63, 3.8) is 0 Å². The molecular formula is C23H18N2O. The zero-order valence-corrected chi connectivity index (χ0v) is 14.2. The maximum absolute atomic E-state index is 6.12.